The highest BCUT2D eigenvalue weighted by Gasteiger charge is 2.19. The molecule has 2 atom stereocenters. The second kappa shape index (κ2) is 7.60. The summed E-state index contributed by atoms with van der Waals surface area (Å²) < 4.78 is 6.08. The minimum absolute atomic E-state index is 0.0214. The molecule has 0 aliphatic rings. The number of rotatable bonds is 6. The number of ether oxygens (including phenoxy) is 1. The Bertz CT molecular complexity index is 568. The Morgan fingerprint density at radius 1 is 1.14 bits per heavy atom. The predicted octanol–water partition coefficient (Wildman–Crippen LogP) is 4.64. The molecule has 112 valence electrons. The average Bonchev–Trinajstić information content (AvgIpc) is 2.49. The normalized spacial score (nSPS) is 13.9. The molecule has 0 aliphatic heterocycles. The Labute approximate surface area is 131 Å². The Kier molecular flexibility index (Phi) is 5.80. The van der Waals surface area contributed by atoms with Gasteiger partial charge in [-0.1, -0.05) is 60.5 Å². The van der Waals surface area contributed by atoms with Gasteiger partial charge in [0.05, 0.1) is 12.7 Å². The van der Waals surface area contributed by atoms with Gasteiger partial charge in [0.2, 0.25) is 0 Å². The van der Waals surface area contributed by atoms with Crippen molar-refractivity contribution in [2.24, 2.45) is 5.73 Å². The zero-order valence-corrected chi connectivity index (χ0v) is 13.3. The van der Waals surface area contributed by atoms with Gasteiger partial charge in [0.1, 0.15) is 0 Å². The second-order valence-electron chi connectivity index (χ2n) is 5.34. The molecule has 0 aliphatic carbocycles. The molecule has 2 aromatic rings. The van der Waals surface area contributed by atoms with Gasteiger partial charge in [-0.25, -0.2) is 0 Å². The maximum Gasteiger partial charge on any atom is 0.0980 e. The first-order valence-corrected chi connectivity index (χ1v) is 7.66. The number of halogens is 1. The van der Waals surface area contributed by atoms with E-state index < -0.39 is 0 Å². The zero-order valence-electron chi connectivity index (χ0n) is 12.6. The average molecular weight is 304 g/mol. The van der Waals surface area contributed by atoms with Crippen LogP contribution in [0.3, 0.4) is 0 Å². The van der Waals surface area contributed by atoms with Crippen molar-refractivity contribution >= 4 is 11.6 Å². The number of hydrogen-bond acceptors (Lipinski definition) is 2. The second-order valence-corrected chi connectivity index (χ2v) is 5.78. The molecule has 2 unspecified atom stereocenters. The van der Waals surface area contributed by atoms with E-state index in [1.807, 2.05) is 24.3 Å². The first-order valence-electron chi connectivity index (χ1n) is 7.28. The third-order valence-corrected chi connectivity index (χ3v) is 3.82. The van der Waals surface area contributed by atoms with Crippen LogP contribution in [0.1, 0.15) is 36.1 Å². The summed E-state index contributed by atoms with van der Waals surface area (Å²) in [4.78, 5) is 0. The SMILES string of the molecule is CCC(N)C(OCc1cccc(Cl)c1)c1ccc(C)cc1. The van der Waals surface area contributed by atoms with E-state index in [4.69, 9.17) is 22.1 Å². The summed E-state index contributed by atoms with van der Waals surface area (Å²) in [7, 11) is 0. The van der Waals surface area contributed by atoms with Crippen molar-refractivity contribution in [3.05, 3.63) is 70.2 Å². The van der Waals surface area contributed by atoms with Gasteiger partial charge in [0, 0.05) is 11.1 Å². The fraction of sp³-hybridized carbons (Fsp3) is 0.333. The monoisotopic (exact) mass is 303 g/mol. The van der Waals surface area contributed by atoms with Crippen LogP contribution in [0, 0.1) is 6.92 Å². The minimum Gasteiger partial charge on any atom is -0.367 e. The molecule has 0 amide bonds. The third-order valence-electron chi connectivity index (χ3n) is 3.58. The van der Waals surface area contributed by atoms with Crippen LogP contribution in [-0.4, -0.2) is 6.04 Å². The Morgan fingerprint density at radius 3 is 2.48 bits per heavy atom. The van der Waals surface area contributed by atoms with Crippen LogP contribution in [0.5, 0.6) is 0 Å². The number of benzene rings is 2. The van der Waals surface area contributed by atoms with E-state index in [0.29, 0.717) is 6.61 Å². The van der Waals surface area contributed by atoms with Crippen LogP contribution in [0.25, 0.3) is 0 Å². The topological polar surface area (TPSA) is 35.2 Å². The number of hydrogen-bond donors (Lipinski definition) is 1. The van der Waals surface area contributed by atoms with Crippen molar-refractivity contribution in [3.8, 4) is 0 Å². The van der Waals surface area contributed by atoms with Gasteiger partial charge in [-0.2, -0.15) is 0 Å². The molecule has 0 bridgehead atoms. The molecule has 2 N–H and O–H groups in total. The van der Waals surface area contributed by atoms with E-state index in [-0.39, 0.29) is 12.1 Å². The highest BCUT2D eigenvalue weighted by Crippen LogP contribution is 2.24. The Balaban J connectivity index is 2.11. The summed E-state index contributed by atoms with van der Waals surface area (Å²) in [5, 5.41) is 0.725. The van der Waals surface area contributed by atoms with Gasteiger partial charge >= 0.3 is 0 Å². The molecular weight excluding hydrogens is 282 g/mol. The highest BCUT2D eigenvalue weighted by atomic mass is 35.5. The molecule has 0 spiro atoms. The smallest absolute Gasteiger partial charge is 0.0980 e. The lowest BCUT2D eigenvalue weighted by Gasteiger charge is -2.24. The molecule has 0 saturated heterocycles. The molecule has 2 nitrogen and oxygen atoms in total. The van der Waals surface area contributed by atoms with Crippen molar-refractivity contribution in [2.45, 2.75) is 39.0 Å². The van der Waals surface area contributed by atoms with Gasteiger partial charge in [-0.05, 0) is 36.6 Å². The lowest BCUT2D eigenvalue weighted by Crippen LogP contribution is -2.29. The lowest BCUT2D eigenvalue weighted by molar-refractivity contribution is 0.0212. The summed E-state index contributed by atoms with van der Waals surface area (Å²) >= 11 is 6.00. The van der Waals surface area contributed by atoms with E-state index in [2.05, 4.69) is 38.1 Å². The molecular formula is C18H22ClNO. The van der Waals surface area contributed by atoms with Crippen LogP contribution in [0.4, 0.5) is 0 Å². The largest absolute Gasteiger partial charge is 0.367 e. The van der Waals surface area contributed by atoms with Gasteiger partial charge in [-0.3, -0.25) is 0 Å². The maximum absolute atomic E-state index is 6.23. The van der Waals surface area contributed by atoms with E-state index in [1.54, 1.807) is 0 Å². The molecule has 0 heterocycles. The van der Waals surface area contributed by atoms with Crippen molar-refractivity contribution < 1.29 is 4.74 Å². The molecule has 21 heavy (non-hydrogen) atoms. The van der Waals surface area contributed by atoms with E-state index in [1.165, 1.54) is 5.56 Å². The van der Waals surface area contributed by atoms with Crippen LogP contribution in [0.15, 0.2) is 48.5 Å². The van der Waals surface area contributed by atoms with Crippen LogP contribution in [0.2, 0.25) is 5.02 Å². The molecule has 3 heteroatoms. The summed E-state index contributed by atoms with van der Waals surface area (Å²) in [6.45, 7) is 4.66. The molecule has 0 aromatic heterocycles. The van der Waals surface area contributed by atoms with Crippen molar-refractivity contribution in [1.82, 2.24) is 0 Å². The fourth-order valence-corrected chi connectivity index (χ4v) is 2.46. The Morgan fingerprint density at radius 2 is 1.86 bits per heavy atom. The van der Waals surface area contributed by atoms with Crippen molar-refractivity contribution in [3.63, 3.8) is 0 Å². The van der Waals surface area contributed by atoms with E-state index in [9.17, 15) is 0 Å². The summed E-state index contributed by atoms with van der Waals surface area (Å²) in [5.74, 6) is 0. The summed E-state index contributed by atoms with van der Waals surface area (Å²) in [5.41, 5.74) is 9.64. The standard InChI is InChI=1S/C18H22ClNO/c1-3-17(20)18(15-9-7-13(2)8-10-15)21-12-14-5-4-6-16(19)11-14/h4-11,17-18H,3,12,20H2,1-2H3. The maximum atomic E-state index is 6.23. The lowest BCUT2D eigenvalue weighted by atomic mass is 10.00. The van der Waals surface area contributed by atoms with Crippen molar-refractivity contribution in [1.29, 1.82) is 0 Å². The van der Waals surface area contributed by atoms with Gasteiger partial charge < -0.3 is 10.5 Å². The van der Waals surface area contributed by atoms with Crippen LogP contribution < -0.4 is 5.73 Å². The highest BCUT2D eigenvalue weighted by molar-refractivity contribution is 6.30. The molecule has 2 aromatic carbocycles. The molecule has 0 radical (unpaired) electrons. The van der Waals surface area contributed by atoms with Gasteiger partial charge in [0.15, 0.2) is 0 Å². The minimum atomic E-state index is -0.102. The third kappa shape index (κ3) is 4.57. The zero-order chi connectivity index (χ0) is 15.2. The van der Waals surface area contributed by atoms with Crippen LogP contribution >= 0.6 is 11.6 Å². The van der Waals surface area contributed by atoms with Crippen molar-refractivity contribution in [2.75, 3.05) is 0 Å². The van der Waals surface area contributed by atoms with Gasteiger partial charge in [-0.15, -0.1) is 0 Å². The predicted molar refractivity (Wildman–Crippen MR) is 88.4 cm³/mol. The summed E-state index contributed by atoms with van der Waals surface area (Å²) in [6.07, 6.45) is 0.767. The number of aryl methyl sites for hydroxylation is 1. The quantitative estimate of drug-likeness (QED) is 0.843. The first kappa shape index (κ1) is 16.0. The number of nitrogens with two attached hydrogens (primary N) is 1. The Hall–Kier alpha value is -1.35. The fourth-order valence-electron chi connectivity index (χ4n) is 2.25. The van der Waals surface area contributed by atoms with E-state index in [0.717, 1.165) is 22.6 Å². The van der Waals surface area contributed by atoms with Gasteiger partial charge in [0.25, 0.3) is 0 Å². The summed E-state index contributed by atoms with van der Waals surface area (Å²) in [6, 6.07) is 16.1. The van der Waals surface area contributed by atoms with Crippen LogP contribution in [-0.2, 0) is 11.3 Å². The first-order chi connectivity index (χ1) is 10.1. The molecule has 2 rings (SSSR count). The molecule has 0 fully saturated rings. The molecule has 0 saturated carbocycles. The van der Waals surface area contributed by atoms with E-state index >= 15 is 0 Å².